The summed E-state index contributed by atoms with van der Waals surface area (Å²) in [5.74, 6) is 0.643. The summed E-state index contributed by atoms with van der Waals surface area (Å²) in [5, 5.41) is 0. The van der Waals surface area contributed by atoms with Crippen LogP contribution in [0.25, 0.3) is 0 Å². The molecule has 0 heterocycles. The van der Waals surface area contributed by atoms with Crippen LogP contribution in [-0.2, 0) is 6.42 Å². The van der Waals surface area contributed by atoms with E-state index in [-0.39, 0.29) is 5.41 Å². The maximum atomic E-state index is 4.20. The highest BCUT2D eigenvalue weighted by molar-refractivity contribution is 5.18. The molecule has 0 bridgehead atoms. The Morgan fingerprint density at radius 3 is 2.00 bits per heavy atom. The van der Waals surface area contributed by atoms with Crippen molar-refractivity contribution in [3.05, 3.63) is 48.6 Å². The second kappa shape index (κ2) is 11.5. The molecule has 0 saturated heterocycles. The average molecular weight is 315 g/mol. The zero-order chi connectivity index (χ0) is 17.0. The third-order valence-electron chi connectivity index (χ3n) is 5.43. The summed E-state index contributed by atoms with van der Waals surface area (Å²) in [5.41, 5.74) is 1.70. The highest BCUT2D eigenvalue weighted by atomic mass is 14.3. The largest absolute Gasteiger partial charge is 0.103 e. The zero-order valence-corrected chi connectivity index (χ0v) is 15.8. The van der Waals surface area contributed by atoms with E-state index in [1.807, 2.05) is 0 Å². The van der Waals surface area contributed by atoms with Crippen molar-refractivity contribution in [3.63, 3.8) is 0 Å². The number of benzene rings is 1. The van der Waals surface area contributed by atoms with E-state index >= 15 is 0 Å². The molecule has 1 unspecified atom stereocenters. The molecule has 0 spiro atoms. The Labute approximate surface area is 145 Å². The molecular formula is C23H38. The topological polar surface area (TPSA) is 0 Å². The van der Waals surface area contributed by atoms with Crippen molar-refractivity contribution in [3.8, 4) is 0 Å². The number of hydrogen-bond donors (Lipinski definition) is 0. The van der Waals surface area contributed by atoms with E-state index in [0.29, 0.717) is 5.92 Å². The Bertz CT molecular complexity index is 403. The molecule has 0 N–H and O–H groups in total. The van der Waals surface area contributed by atoms with Crippen molar-refractivity contribution >= 4 is 0 Å². The molecule has 1 aromatic rings. The normalized spacial score (nSPS) is 13.9. The van der Waals surface area contributed by atoms with Gasteiger partial charge in [-0.1, -0.05) is 109 Å². The lowest BCUT2D eigenvalue weighted by Gasteiger charge is -2.35. The summed E-state index contributed by atoms with van der Waals surface area (Å²) < 4.78 is 0. The van der Waals surface area contributed by atoms with Gasteiger partial charge in [0.25, 0.3) is 0 Å². The Kier molecular flexibility index (Phi) is 9.99. The highest BCUT2D eigenvalue weighted by Gasteiger charge is 2.30. The van der Waals surface area contributed by atoms with Crippen molar-refractivity contribution in [2.45, 2.75) is 85.0 Å². The smallest absolute Gasteiger partial charge is 0.00576 e. The van der Waals surface area contributed by atoms with Gasteiger partial charge in [0.15, 0.2) is 0 Å². The van der Waals surface area contributed by atoms with E-state index < -0.39 is 0 Å². The molecule has 0 nitrogen and oxygen atoms in total. The molecule has 1 rings (SSSR count). The van der Waals surface area contributed by atoms with Gasteiger partial charge in [0.05, 0.1) is 0 Å². The first-order valence-electron chi connectivity index (χ1n) is 9.82. The maximum Gasteiger partial charge on any atom is -0.00576 e. The van der Waals surface area contributed by atoms with Crippen LogP contribution >= 0.6 is 0 Å². The maximum absolute atomic E-state index is 4.20. The summed E-state index contributed by atoms with van der Waals surface area (Å²) in [4.78, 5) is 0. The lowest BCUT2D eigenvalue weighted by molar-refractivity contribution is 0.233. The minimum Gasteiger partial charge on any atom is -0.103 e. The van der Waals surface area contributed by atoms with Crippen molar-refractivity contribution in [2.75, 3.05) is 0 Å². The fourth-order valence-electron chi connectivity index (χ4n) is 3.56. The molecule has 130 valence electrons. The third-order valence-corrected chi connectivity index (χ3v) is 5.43. The van der Waals surface area contributed by atoms with Gasteiger partial charge in [0.2, 0.25) is 0 Å². The molecule has 0 aliphatic heterocycles. The Morgan fingerprint density at radius 1 is 0.913 bits per heavy atom. The summed E-state index contributed by atoms with van der Waals surface area (Å²) in [7, 11) is 0. The van der Waals surface area contributed by atoms with Crippen LogP contribution < -0.4 is 0 Å². The summed E-state index contributed by atoms with van der Waals surface area (Å²) in [6, 6.07) is 10.9. The van der Waals surface area contributed by atoms with Gasteiger partial charge < -0.3 is 0 Å². The number of unbranched alkanes of at least 4 members (excludes halogenated alkanes) is 7. The van der Waals surface area contributed by atoms with Crippen molar-refractivity contribution in [1.29, 1.82) is 0 Å². The quantitative estimate of drug-likeness (QED) is 0.260. The van der Waals surface area contributed by atoms with Gasteiger partial charge in [-0.05, 0) is 29.7 Å². The summed E-state index contributed by atoms with van der Waals surface area (Å²) in [6.45, 7) is 11.2. The lowest BCUT2D eigenvalue weighted by atomic mass is 9.69. The predicted molar refractivity (Wildman–Crippen MR) is 105 cm³/mol. The molecule has 1 aromatic carbocycles. The summed E-state index contributed by atoms with van der Waals surface area (Å²) in [6.07, 6.45) is 15.8. The minimum absolute atomic E-state index is 0.254. The Morgan fingerprint density at radius 2 is 1.48 bits per heavy atom. The molecule has 0 aromatic heterocycles. The van der Waals surface area contributed by atoms with Crippen LogP contribution in [0, 0.1) is 11.3 Å². The van der Waals surface area contributed by atoms with Crippen LogP contribution in [0.4, 0.5) is 0 Å². The van der Waals surface area contributed by atoms with E-state index in [0.717, 1.165) is 6.42 Å². The van der Waals surface area contributed by atoms with Crippen LogP contribution in [0.2, 0.25) is 0 Å². The second-order valence-electron chi connectivity index (χ2n) is 7.48. The molecule has 0 aliphatic carbocycles. The Hall–Kier alpha value is -1.04. The van der Waals surface area contributed by atoms with E-state index in [1.54, 1.807) is 0 Å². The van der Waals surface area contributed by atoms with Crippen LogP contribution in [-0.4, -0.2) is 0 Å². The standard InChI is InChI=1S/C23H38/c1-5-7-8-9-10-11-12-16-19-23(6-2,21(3)4)20-22-17-14-13-15-18-22/h6,13-15,17-18,21H,2,5,7-12,16,19-20H2,1,3-4H3. The molecular weight excluding hydrogens is 276 g/mol. The molecule has 0 heteroatoms. The molecule has 23 heavy (non-hydrogen) atoms. The second-order valence-corrected chi connectivity index (χ2v) is 7.48. The minimum atomic E-state index is 0.254. The predicted octanol–water partition coefficient (Wildman–Crippen LogP) is 7.59. The van der Waals surface area contributed by atoms with Crippen molar-refractivity contribution in [2.24, 2.45) is 11.3 Å². The first-order chi connectivity index (χ1) is 11.1. The van der Waals surface area contributed by atoms with E-state index in [9.17, 15) is 0 Å². The van der Waals surface area contributed by atoms with Gasteiger partial charge in [-0.3, -0.25) is 0 Å². The lowest BCUT2D eigenvalue weighted by Crippen LogP contribution is -2.27. The summed E-state index contributed by atoms with van der Waals surface area (Å²) >= 11 is 0. The number of allylic oxidation sites excluding steroid dienone is 1. The monoisotopic (exact) mass is 314 g/mol. The van der Waals surface area contributed by atoms with Crippen LogP contribution in [0.3, 0.4) is 0 Å². The third kappa shape index (κ3) is 7.38. The molecule has 0 fully saturated rings. The van der Waals surface area contributed by atoms with Gasteiger partial charge in [-0.25, -0.2) is 0 Å². The zero-order valence-electron chi connectivity index (χ0n) is 15.8. The average Bonchev–Trinajstić information content (AvgIpc) is 2.57. The molecule has 1 atom stereocenters. The van der Waals surface area contributed by atoms with Crippen molar-refractivity contribution < 1.29 is 0 Å². The van der Waals surface area contributed by atoms with Crippen LogP contribution in [0.1, 0.15) is 84.1 Å². The molecule has 0 radical (unpaired) electrons. The first kappa shape index (κ1) is 20.0. The SMILES string of the molecule is C=CC(CCCCCCCCCC)(Cc1ccccc1)C(C)C. The van der Waals surface area contributed by atoms with Gasteiger partial charge >= 0.3 is 0 Å². The van der Waals surface area contributed by atoms with Gasteiger partial charge in [0, 0.05) is 0 Å². The van der Waals surface area contributed by atoms with E-state index in [2.05, 4.69) is 63.8 Å². The van der Waals surface area contributed by atoms with E-state index in [1.165, 1.54) is 63.4 Å². The van der Waals surface area contributed by atoms with Gasteiger partial charge in [-0.15, -0.1) is 6.58 Å². The Balaban J connectivity index is 2.41. The number of hydrogen-bond acceptors (Lipinski definition) is 0. The van der Waals surface area contributed by atoms with Gasteiger partial charge in [-0.2, -0.15) is 0 Å². The van der Waals surface area contributed by atoms with Crippen molar-refractivity contribution in [1.82, 2.24) is 0 Å². The first-order valence-corrected chi connectivity index (χ1v) is 9.82. The van der Waals surface area contributed by atoms with Gasteiger partial charge in [0.1, 0.15) is 0 Å². The number of rotatable bonds is 13. The van der Waals surface area contributed by atoms with Crippen LogP contribution in [0.5, 0.6) is 0 Å². The molecule has 0 amide bonds. The van der Waals surface area contributed by atoms with Crippen LogP contribution in [0.15, 0.2) is 43.0 Å². The molecule has 0 aliphatic rings. The fourth-order valence-corrected chi connectivity index (χ4v) is 3.56. The molecule has 0 saturated carbocycles. The fraction of sp³-hybridized carbons (Fsp3) is 0.652. The van der Waals surface area contributed by atoms with E-state index in [4.69, 9.17) is 0 Å². The highest BCUT2D eigenvalue weighted by Crippen LogP contribution is 2.38.